The number of hydrogen-bond donors (Lipinski definition) is 2. The summed E-state index contributed by atoms with van der Waals surface area (Å²) >= 11 is 0. The van der Waals surface area contributed by atoms with Gasteiger partial charge in [-0.15, -0.1) is 0 Å². The molecule has 0 heterocycles. The molecule has 2 N–H and O–H groups in total. The standard InChI is InChI=1S/C15H29NO3/c1-7-9-11(10-8-2)12(17)16-15(5,6)14(3,4)13(18)19/h11H,7-10H2,1-6H3,(H,16,17)(H,18,19). The van der Waals surface area contributed by atoms with Crippen molar-refractivity contribution < 1.29 is 14.7 Å². The van der Waals surface area contributed by atoms with Crippen LogP contribution < -0.4 is 5.32 Å². The molecule has 0 aliphatic heterocycles. The van der Waals surface area contributed by atoms with Gasteiger partial charge in [0.1, 0.15) is 0 Å². The number of hydrogen-bond acceptors (Lipinski definition) is 2. The van der Waals surface area contributed by atoms with Gasteiger partial charge in [0.15, 0.2) is 0 Å². The van der Waals surface area contributed by atoms with Crippen molar-refractivity contribution in [1.82, 2.24) is 5.32 Å². The van der Waals surface area contributed by atoms with E-state index in [4.69, 9.17) is 0 Å². The maximum Gasteiger partial charge on any atom is 0.311 e. The lowest BCUT2D eigenvalue weighted by molar-refractivity contribution is -0.152. The predicted molar refractivity (Wildman–Crippen MR) is 76.9 cm³/mol. The number of carboxylic acids is 1. The van der Waals surface area contributed by atoms with Crippen LogP contribution in [0.15, 0.2) is 0 Å². The highest BCUT2D eigenvalue weighted by Crippen LogP contribution is 2.31. The molecule has 0 spiro atoms. The Bertz CT molecular complexity index is 315. The Morgan fingerprint density at radius 1 is 1.05 bits per heavy atom. The van der Waals surface area contributed by atoms with Crippen LogP contribution in [0.1, 0.15) is 67.2 Å². The zero-order valence-electron chi connectivity index (χ0n) is 13.2. The average Bonchev–Trinajstić information content (AvgIpc) is 2.27. The third-order valence-electron chi connectivity index (χ3n) is 4.18. The van der Waals surface area contributed by atoms with E-state index >= 15 is 0 Å². The van der Waals surface area contributed by atoms with Gasteiger partial charge in [-0.2, -0.15) is 0 Å². The van der Waals surface area contributed by atoms with Crippen molar-refractivity contribution >= 4 is 11.9 Å². The molecule has 4 nitrogen and oxygen atoms in total. The summed E-state index contributed by atoms with van der Waals surface area (Å²) in [6, 6.07) is 0. The molecule has 0 saturated carbocycles. The van der Waals surface area contributed by atoms with Crippen LogP contribution in [0.4, 0.5) is 0 Å². The summed E-state index contributed by atoms with van der Waals surface area (Å²) in [6.07, 6.45) is 3.62. The topological polar surface area (TPSA) is 66.4 Å². The first-order valence-corrected chi connectivity index (χ1v) is 7.15. The number of carboxylic acid groups (broad SMARTS) is 1. The largest absolute Gasteiger partial charge is 0.481 e. The first-order valence-electron chi connectivity index (χ1n) is 7.15. The lowest BCUT2D eigenvalue weighted by Crippen LogP contribution is -2.58. The van der Waals surface area contributed by atoms with E-state index in [9.17, 15) is 14.7 Å². The molecular weight excluding hydrogens is 242 g/mol. The van der Waals surface area contributed by atoms with E-state index in [1.165, 1.54) is 0 Å². The molecule has 0 aromatic rings. The van der Waals surface area contributed by atoms with E-state index < -0.39 is 16.9 Å². The van der Waals surface area contributed by atoms with Crippen LogP contribution in [-0.2, 0) is 9.59 Å². The molecule has 0 unspecified atom stereocenters. The molecule has 0 saturated heterocycles. The van der Waals surface area contributed by atoms with Gasteiger partial charge in [0.25, 0.3) is 0 Å². The molecule has 0 aliphatic rings. The van der Waals surface area contributed by atoms with Crippen LogP contribution in [-0.4, -0.2) is 22.5 Å². The fraction of sp³-hybridized carbons (Fsp3) is 0.867. The van der Waals surface area contributed by atoms with Gasteiger partial charge in [-0.3, -0.25) is 9.59 Å². The first-order chi connectivity index (χ1) is 8.60. The van der Waals surface area contributed by atoms with Crippen molar-refractivity contribution in [3.8, 4) is 0 Å². The van der Waals surface area contributed by atoms with E-state index in [-0.39, 0.29) is 11.8 Å². The van der Waals surface area contributed by atoms with E-state index in [0.29, 0.717) is 0 Å². The summed E-state index contributed by atoms with van der Waals surface area (Å²) in [4.78, 5) is 23.6. The van der Waals surface area contributed by atoms with E-state index in [0.717, 1.165) is 25.7 Å². The van der Waals surface area contributed by atoms with Crippen molar-refractivity contribution in [3.05, 3.63) is 0 Å². The first kappa shape index (κ1) is 17.9. The van der Waals surface area contributed by atoms with Crippen molar-refractivity contribution in [1.29, 1.82) is 0 Å². The highest BCUT2D eigenvalue weighted by molar-refractivity contribution is 5.82. The lowest BCUT2D eigenvalue weighted by atomic mass is 9.74. The number of nitrogens with one attached hydrogen (secondary N) is 1. The highest BCUT2D eigenvalue weighted by atomic mass is 16.4. The van der Waals surface area contributed by atoms with Crippen LogP contribution in [0.25, 0.3) is 0 Å². The predicted octanol–water partition coefficient (Wildman–Crippen LogP) is 3.21. The third-order valence-corrected chi connectivity index (χ3v) is 4.18. The molecule has 1 amide bonds. The highest BCUT2D eigenvalue weighted by Gasteiger charge is 2.44. The number of amides is 1. The molecule has 19 heavy (non-hydrogen) atoms. The minimum Gasteiger partial charge on any atom is -0.481 e. The molecule has 0 atom stereocenters. The Kier molecular flexibility index (Phi) is 6.53. The second-order valence-corrected chi connectivity index (χ2v) is 6.32. The number of carbonyl (C=O) groups is 2. The number of carbonyl (C=O) groups excluding carboxylic acids is 1. The summed E-state index contributed by atoms with van der Waals surface area (Å²) in [6.45, 7) is 10.9. The van der Waals surface area contributed by atoms with Crippen molar-refractivity contribution in [2.24, 2.45) is 11.3 Å². The molecule has 112 valence electrons. The second-order valence-electron chi connectivity index (χ2n) is 6.32. The monoisotopic (exact) mass is 271 g/mol. The van der Waals surface area contributed by atoms with Gasteiger partial charge in [-0.05, 0) is 40.5 Å². The van der Waals surface area contributed by atoms with Gasteiger partial charge >= 0.3 is 5.97 Å². The van der Waals surface area contributed by atoms with Gasteiger partial charge in [-0.1, -0.05) is 26.7 Å². The van der Waals surface area contributed by atoms with Crippen molar-refractivity contribution in [3.63, 3.8) is 0 Å². The second kappa shape index (κ2) is 6.92. The molecule has 0 fully saturated rings. The van der Waals surface area contributed by atoms with E-state index in [2.05, 4.69) is 19.2 Å². The third kappa shape index (κ3) is 4.51. The zero-order chi connectivity index (χ0) is 15.3. The molecule has 4 heteroatoms. The Labute approximate surface area is 117 Å². The van der Waals surface area contributed by atoms with Gasteiger partial charge in [-0.25, -0.2) is 0 Å². The normalized spacial score (nSPS) is 12.6. The zero-order valence-corrected chi connectivity index (χ0v) is 13.2. The van der Waals surface area contributed by atoms with Crippen molar-refractivity contribution in [2.45, 2.75) is 72.8 Å². The van der Waals surface area contributed by atoms with Crippen LogP contribution in [0, 0.1) is 11.3 Å². The fourth-order valence-corrected chi connectivity index (χ4v) is 1.94. The molecule has 0 bridgehead atoms. The summed E-state index contributed by atoms with van der Waals surface area (Å²) in [5.41, 5.74) is -1.79. The van der Waals surface area contributed by atoms with E-state index in [1.807, 2.05) is 0 Å². The van der Waals surface area contributed by atoms with Gasteiger partial charge in [0.05, 0.1) is 5.41 Å². The van der Waals surface area contributed by atoms with Crippen LogP contribution in [0.5, 0.6) is 0 Å². The quantitative estimate of drug-likeness (QED) is 0.712. The van der Waals surface area contributed by atoms with Crippen LogP contribution in [0.2, 0.25) is 0 Å². The van der Waals surface area contributed by atoms with Gasteiger partial charge in [0.2, 0.25) is 5.91 Å². The Hall–Kier alpha value is -1.06. The number of rotatable bonds is 8. The summed E-state index contributed by atoms with van der Waals surface area (Å²) in [5.74, 6) is -0.942. The maximum atomic E-state index is 12.3. The molecule has 0 aliphatic carbocycles. The fourth-order valence-electron chi connectivity index (χ4n) is 1.94. The smallest absolute Gasteiger partial charge is 0.311 e. The maximum absolute atomic E-state index is 12.3. The molecular formula is C15H29NO3. The minimum absolute atomic E-state index is 0.0149. The van der Waals surface area contributed by atoms with Gasteiger partial charge in [0, 0.05) is 11.5 Å². The van der Waals surface area contributed by atoms with Crippen LogP contribution >= 0.6 is 0 Å². The lowest BCUT2D eigenvalue weighted by Gasteiger charge is -2.39. The molecule has 0 radical (unpaired) electrons. The summed E-state index contributed by atoms with van der Waals surface area (Å²) in [5, 5.41) is 12.2. The van der Waals surface area contributed by atoms with Crippen molar-refractivity contribution in [2.75, 3.05) is 0 Å². The summed E-state index contributed by atoms with van der Waals surface area (Å²) in [7, 11) is 0. The minimum atomic E-state index is -1.01. The van der Waals surface area contributed by atoms with Gasteiger partial charge < -0.3 is 10.4 Å². The Morgan fingerprint density at radius 3 is 1.79 bits per heavy atom. The SMILES string of the molecule is CCCC(CCC)C(=O)NC(C)(C)C(C)(C)C(=O)O. The Balaban J connectivity index is 4.90. The molecule has 0 aromatic carbocycles. The molecule has 0 rings (SSSR count). The summed E-state index contributed by atoms with van der Waals surface area (Å²) < 4.78 is 0. The Morgan fingerprint density at radius 2 is 1.47 bits per heavy atom. The average molecular weight is 271 g/mol. The molecule has 0 aromatic heterocycles. The van der Waals surface area contributed by atoms with Crippen LogP contribution in [0.3, 0.4) is 0 Å². The van der Waals surface area contributed by atoms with E-state index in [1.54, 1.807) is 27.7 Å². The number of aliphatic carboxylic acids is 1.